The lowest BCUT2D eigenvalue weighted by Crippen LogP contribution is -2.00. The van der Waals surface area contributed by atoms with Gasteiger partial charge >= 0.3 is 0 Å². The Morgan fingerprint density at radius 1 is 1.16 bits per heavy atom. The Balaban J connectivity index is 2.39. The molecule has 0 saturated carbocycles. The molecule has 6 heteroatoms. The van der Waals surface area contributed by atoms with Crippen LogP contribution in [0.5, 0.6) is 5.75 Å². The van der Waals surface area contributed by atoms with Gasteiger partial charge in [-0.05, 0) is 40.8 Å². The first kappa shape index (κ1) is 13.9. The van der Waals surface area contributed by atoms with Gasteiger partial charge in [0.05, 0.1) is 27.7 Å². The molecular formula is C13H11F2IN2O. The summed E-state index contributed by atoms with van der Waals surface area (Å²) in [5.74, 6) is -0.471. The number of hydrogen-bond donors (Lipinski definition) is 2. The summed E-state index contributed by atoms with van der Waals surface area (Å²) in [6.45, 7) is 0. The predicted molar refractivity (Wildman–Crippen MR) is 79.8 cm³/mol. The Morgan fingerprint density at radius 3 is 2.58 bits per heavy atom. The molecule has 0 aromatic heterocycles. The van der Waals surface area contributed by atoms with Gasteiger partial charge in [-0.15, -0.1) is 0 Å². The maximum atomic E-state index is 13.5. The number of ether oxygens (including phenoxy) is 1. The van der Waals surface area contributed by atoms with Crippen LogP contribution in [-0.2, 0) is 0 Å². The Hall–Kier alpha value is -1.57. The molecule has 100 valence electrons. The minimum Gasteiger partial charge on any atom is -0.494 e. The first-order chi connectivity index (χ1) is 9.01. The van der Waals surface area contributed by atoms with E-state index in [-0.39, 0.29) is 5.82 Å². The van der Waals surface area contributed by atoms with E-state index in [4.69, 9.17) is 10.5 Å². The van der Waals surface area contributed by atoms with Gasteiger partial charge in [-0.3, -0.25) is 0 Å². The normalized spacial score (nSPS) is 10.3. The fourth-order valence-corrected chi connectivity index (χ4v) is 2.08. The minimum atomic E-state index is -0.413. The van der Waals surface area contributed by atoms with Gasteiger partial charge in [0.2, 0.25) is 0 Å². The second-order valence-electron chi connectivity index (χ2n) is 3.82. The van der Waals surface area contributed by atoms with Crippen molar-refractivity contribution in [1.29, 1.82) is 0 Å². The van der Waals surface area contributed by atoms with Gasteiger partial charge in [-0.1, -0.05) is 0 Å². The fourth-order valence-electron chi connectivity index (χ4n) is 1.58. The van der Waals surface area contributed by atoms with Gasteiger partial charge in [0.25, 0.3) is 0 Å². The number of nitrogen functional groups attached to an aromatic ring is 1. The number of nitrogens with one attached hydrogen (secondary N) is 1. The predicted octanol–water partition coefficient (Wildman–Crippen LogP) is 3.90. The molecule has 0 fully saturated rings. The zero-order valence-electron chi connectivity index (χ0n) is 10.0. The highest BCUT2D eigenvalue weighted by Crippen LogP contribution is 2.32. The van der Waals surface area contributed by atoms with Crippen LogP contribution in [-0.4, -0.2) is 7.11 Å². The van der Waals surface area contributed by atoms with Crippen LogP contribution in [0.4, 0.5) is 25.8 Å². The van der Waals surface area contributed by atoms with E-state index in [2.05, 4.69) is 5.32 Å². The quantitative estimate of drug-likeness (QED) is 0.631. The van der Waals surface area contributed by atoms with Crippen LogP contribution in [0.1, 0.15) is 0 Å². The van der Waals surface area contributed by atoms with Gasteiger partial charge in [0, 0.05) is 12.1 Å². The van der Waals surface area contributed by atoms with Crippen molar-refractivity contribution < 1.29 is 13.5 Å². The molecule has 0 aliphatic carbocycles. The Morgan fingerprint density at radius 2 is 1.89 bits per heavy atom. The maximum absolute atomic E-state index is 13.5. The van der Waals surface area contributed by atoms with Crippen LogP contribution >= 0.6 is 22.6 Å². The molecule has 19 heavy (non-hydrogen) atoms. The highest BCUT2D eigenvalue weighted by atomic mass is 127. The molecule has 3 nitrogen and oxygen atoms in total. The summed E-state index contributed by atoms with van der Waals surface area (Å²) in [4.78, 5) is 0. The van der Waals surface area contributed by atoms with Crippen molar-refractivity contribution in [2.24, 2.45) is 0 Å². The molecular weight excluding hydrogens is 365 g/mol. The monoisotopic (exact) mass is 376 g/mol. The van der Waals surface area contributed by atoms with Crippen molar-refractivity contribution in [3.8, 4) is 5.75 Å². The van der Waals surface area contributed by atoms with E-state index >= 15 is 0 Å². The molecule has 2 aromatic rings. The molecule has 0 spiro atoms. The van der Waals surface area contributed by atoms with Crippen molar-refractivity contribution in [1.82, 2.24) is 0 Å². The zero-order valence-corrected chi connectivity index (χ0v) is 12.2. The SMILES string of the molecule is COc1cc(F)ccc1Nc1cc(F)c(I)cc1N. The zero-order chi connectivity index (χ0) is 14.0. The average Bonchev–Trinajstić information content (AvgIpc) is 2.37. The molecule has 0 bridgehead atoms. The van der Waals surface area contributed by atoms with E-state index in [1.807, 2.05) is 22.6 Å². The van der Waals surface area contributed by atoms with E-state index in [0.717, 1.165) is 0 Å². The van der Waals surface area contributed by atoms with Crippen LogP contribution in [0.2, 0.25) is 0 Å². The van der Waals surface area contributed by atoms with E-state index in [1.165, 1.54) is 37.4 Å². The van der Waals surface area contributed by atoms with Crippen molar-refractivity contribution in [3.63, 3.8) is 0 Å². The molecule has 0 amide bonds. The molecule has 0 radical (unpaired) electrons. The third kappa shape index (κ3) is 3.06. The molecule has 0 saturated heterocycles. The highest BCUT2D eigenvalue weighted by Gasteiger charge is 2.09. The summed E-state index contributed by atoms with van der Waals surface area (Å²) in [7, 11) is 1.43. The molecule has 0 aliphatic rings. The van der Waals surface area contributed by atoms with Gasteiger partial charge in [-0.2, -0.15) is 0 Å². The number of rotatable bonds is 3. The number of anilines is 3. The lowest BCUT2D eigenvalue weighted by atomic mass is 10.2. The Labute approximate surface area is 122 Å². The van der Waals surface area contributed by atoms with Gasteiger partial charge in [-0.25, -0.2) is 8.78 Å². The summed E-state index contributed by atoms with van der Waals surface area (Å²) in [5, 5.41) is 2.93. The van der Waals surface area contributed by atoms with E-state index in [9.17, 15) is 8.78 Å². The van der Waals surface area contributed by atoms with Crippen LogP contribution in [0.3, 0.4) is 0 Å². The lowest BCUT2D eigenvalue weighted by Gasteiger charge is -2.13. The topological polar surface area (TPSA) is 47.3 Å². The minimum absolute atomic E-state index is 0.318. The molecule has 0 unspecified atom stereocenters. The Kier molecular flexibility index (Phi) is 4.08. The van der Waals surface area contributed by atoms with Gasteiger partial charge < -0.3 is 15.8 Å². The van der Waals surface area contributed by atoms with Crippen molar-refractivity contribution in [2.75, 3.05) is 18.2 Å². The van der Waals surface area contributed by atoms with Crippen LogP contribution < -0.4 is 15.8 Å². The molecule has 0 atom stereocenters. The van der Waals surface area contributed by atoms with E-state index < -0.39 is 5.82 Å². The summed E-state index contributed by atoms with van der Waals surface area (Å²) in [6, 6.07) is 6.84. The first-order valence-electron chi connectivity index (χ1n) is 5.36. The first-order valence-corrected chi connectivity index (χ1v) is 6.44. The maximum Gasteiger partial charge on any atom is 0.145 e. The molecule has 2 aromatic carbocycles. The van der Waals surface area contributed by atoms with Crippen LogP contribution in [0.15, 0.2) is 30.3 Å². The largest absolute Gasteiger partial charge is 0.494 e. The number of methoxy groups -OCH3 is 1. The molecule has 3 N–H and O–H groups in total. The molecule has 2 rings (SSSR count). The lowest BCUT2D eigenvalue weighted by molar-refractivity contribution is 0.413. The highest BCUT2D eigenvalue weighted by molar-refractivity contribution is 14.1. The third-order valence-electron chi connectivity index (χ3n) is 2.53. The van der Waals surface area contributed by atoms with Crippen LogP contribution in [0, 0.1) is 15.2 Å². The standard InChI is InChI=1S/C13H11F2IN2O/c1-19-13-4-7(14)2-3-11(13)18-12-5-8(15)9(16)6-10(12)17/h2-6,18H,17H2,1H3. The van der Waals surface area contributed by atoms with Crippen LogP contribution in [0.25, 0.3) is 0 Å². The van der Waals surface area contributed by atoms with Gasteiger partial charge in [0.15, 0.2) is 0 Å². The average molecular weight is 376 g/mol. The van der Waals surface area contributed by atoms with E-state index in [1.54, 1.807) is 0 Å². The number of hydrogen-bond acceptors (Lipinski definition) is 3. The van der Waals surface area contributed by atoms with E-state index in [0.29, 0.717) is 26.4 Å². The number of benzene rings is 2. The smallest absolute Gasteiger partial charge is 0.145 e. The Bertz CT molecular complexity index is 620. The van der Waals surface area contributed by atoms with Crippen molar-refractivity contribution in [2.45, 2.75) is 0 Å². The van der Waals surface area contributed by atoms with Crippen molar-refractivity contribution in [3.05, 3.63) is 45.5 Å². The summed E-state index contributed by atoms with van der Waals surface area (Å²) >= 11 is 1.86. The molecule has 0 heterocycles. The second kappa shape index (κ2) is 5.60. The summed E-state index contributed by atoms with van der Waals surface area (Å²) in [5.41, 5.74) is 7.13. The van der Waals surface area contributed by atoms with Crippen molar-refractivity contribution >= 4 is 39.7 Å². The number of halogens is 3. The summed E-state index contributed by atoms with van der Waals surface area (Å²) in [6.07, 6.45) is 0. The summed E-state index contributed by atoms with van der Waals surface area (Å²) < 4.78 is 32.1. The number of nitrogens with two attached hydrogens (primary N) is 1. The second-order valence-corrected chi connectivity index (χ2v) is 4.99. The third-order valence-corrected chi connectivity index (χ3v) is 3.35. The van der Waals surface area contributed by atoms with Gasteiger partial charge in [0.1, 0.15) is 17.4 Å². The molecule has 0 aliphatic heterocycles. The fraction of sp³-hybridized carbons (Fsp3) is 0.0769.